The fraction of sp³-hybridized carbons (Fsp3) is 0.667. The Bertz CT molecular complexity index is 549. The highest BCUT2D eigenvalue weighted by atomic mass is 16.5. The van der Waals surface area contributed by atoms with Gasteiger partial charge in [0, 0.05) is 20.7 Å². The Morgan fingerprint density at radius 1 is 1.50 bits per heavy atom. The van der Waals surface area contributed by atoms with Crippen LogP contribution in [0.15, 0.2) is 9.59 Å². The highest BCUT2D eigenvalue weighted by Crippen LogP contribution is 2.15. The van der Waals surface area contributed by atoms with Crippen molar-refractivity contribution in [2.75, 3.05) is 37.9 Å². The zero-order valence-electron chi connectivity index (χ0n) is 12.0. The van der Waals surface area contributed by atoms with Gasteiger partial charge in [0.1, 0.15) is 11.5 Å². The van der Waals surface area contributed by atoms with Crippen LogP contribution in [-0.4, -0.2) is 48.1 Å². The first kappa shape index (κ1) is 16.3. The number of rotatable bonds is 7. The van der Waals surface area contributed by atoms with Crippen molar-refractivity contribution in [3.8, 4) is 0 Å². The summed E-state index contributed by atoms with van der Waals surface area (Å²) in [6.07, 6.45) is 0.0178. The average molecular weight is 286 g/mol. The maximum absolute atomic E-state index is 11.9. The number of methoxy groups -OCH3 is 1. The molecular weight excluding hydrogens is 264 g/mol. The summed E-state index contributed by atoms with van der Waals surface area (Å²) in [6.45, 7) is 2.69. The Morgan fingerprint density at radius 2 is 2.15 bits per heavy atom. The number of nitrogens with zero attached hydrogens (tertiary/aromatic N) is 2. The number of aromatic amines is 1. The maximum Gasteiger partial charge on any atom is 0.330 e. The number of aromatic nitrogens is 2. The average Bonchev–Trinajstić information content (AvgIpc) is 2.35. The molecule has 8 nitrogen and oxygen atoms in total. The van der Waals surface area contributed by atoms with E-state index in [4.69, 9.17) is 10.5 Å². The first-order valence-electron chi connectivity index (χ1n) is 6.39. The van der Waals surface area contributed by atoms with Gasteiger partial charge < -0.3 is 20.5 Å². The fourth-order valence-corrected chi connectivity index (χ4v) is 1.84. The van der Waals surface area contributed by atoms with Crippen molar-refractivity contribution in [1.82, 2.24) is 9.55 Å². The Hall–Kier alpha value is -1.80. The molecule has 0 aromatic carbocycles. The predicted molar refractivity (Wildman–Crippen MR) is 77.2 cm³/mol. The number of nitrogen functional groups attached to an aromatic ring is 1. The molecule has 1 atom stereocenters. The summed E-state index contributed by atoms with van der Waals surface area (Å²) in [5, 5.41) is 9.29. The van der Waals surface area contributed by atoms with Crippen LogP contribution < -0.4 is 21.9 Å². The molecule has 0 saturated carbocycles. The standard InChI is InChI=1S/C12H22N4O4/c1-8(17)4-5-15(2)9-10(13)16(6-7-20-3)12(19)14-11(9)18/h8,17H,4-7,13H2,1-3H3,(H,14,18,19). The topological polar surface area (TPSA) is 114 Å². The van der Waals surface area contributed by atoms with Crippen LogP contribution in [0, 0.1) is 0 Å². The van der Waals surface area contributed by atoms with Crippen LogP contribution in [-0.2, 0) is 11.3 Å². The molecule has 8 heteroatoms. The number of aliphatic hydroxyl groups is 1. The van der Waals surface area contributed by atoms with E-state index < -0.39 is 17.4 Å². The second-order valence-corrected chi connectivity index (χ2v) is 4.70. The van der Waals surface area contributed by atoms with Gasteiger partial charge in [-0.1, -0.05) is 0 Å². The lowest BCUT2D eigenvalue weighted by atomic mass is 10.2. The van der Waals surface area contributed by atoms with Crippen LogP contribution in [0.1, 0.15) is 13.3 Å². The fourth-order valence-electron chi connectivity index (χ4n) is 1.84. The van der Waals surface area contributed by atoms with Gasteiger partial charge in [0.05, 0.1) is 19.3 Å². The lowest BCUT2D eigenvalue weighted by molar-refractivity contribution is 0.186. The molecule has 1 heterocycles. The minimum absolute atomic E-state index is 0.101. The molecule has 0 bridgehead atoms. The molecule has 1 aromatic rings. The Labute approximate surface area is 116 Å². The SMILES string of the molecule is COCCn1c(N)c(N(C)CCC(C)O)c(=O)[nH]c1=O. The minimum atomic E-state index is -0.558. The third-order valence-corrected chi connectivity index (χ3v) is 3.00. The van der Waals surface area contributed by atoms with Gasteiger partial charge in [-0.25, -0.2) is 4.79 Å². The molecule has 4 N–H and O–H groups in total. The molecule has 0 fully saturated rings. The molecule has 0 radical (unpaired) electrons. The van der Waals surface area contributed by atoms with Gasteiger partial charge in [-0.2, -0.15) is 0 Å². The van der Waals surface area contributed by atoms with E-state index in [1.54, 1.807) is 18.9 Å². The lowest BCUT2D eigenvalue weighted by Crippen LogP contribution is -2.38. The number of hydrogen-bond acceptors (Lipinski definition) is 6. The van der Waals surface area contributed by atoms with Crippen molar-refractivity contribution in [3.05, 3.63) is 20.8 Å². The van der Waals surface area contributed by atoms with Crippen molar-refractivity contribution in [2.24, 2.45) is 0 Å². The molecule has 0 amide bonds. The molecule has 1 rings (SSSR count). The molecule has 1 aromatic heterocycles. The van der Waals surface area contributed by atoms with Crippen LogP contribution >= 0.6 is 0 Å². The smallest absolute Gasteiger partial charge is 0.330 e. The van der Waals surface area contributed by atoms with Gasteiger partial charge in [0.2, 0.25) is 0 Å². The second-order valence-electron chi connectivity index (χ2n) is 4.70. The van der Waals surface area contributed by atoms with Gasteiger partial charge in [-0.3, -0.25) is 14.3 Å². The van der Waals surface area contributed by atoms with E-state index in [1.807, 2.05) is 0 Å². The van der Waals surface area contributed by atoms with Gasteiger partial charge in [-0.05, 0) is 13.3 Å². The van der Waals surface area contributed by atoms with Gasteiger partial charge in [-0.15, -0.1) is 0 Å². The summed E-state index contributed by atoms with van der Waals surface area (Å²) in [5.74, 6) is 0.101. The highest BCUT2D eigenvalue weighted by Gasteiger charge is 2.16. The molecule has 0 aliphatic carbocycles. The van der Waals surface area contributed by atoms with E-state index in [9.17, 15) is 14.7 Å². The van der Waals surface area contributed by atoms with E-state index >= 15 is 0 Å². The second kappa shape index (κ2) is 7.11. The van der Waals surface area contributed by atoms with Crippen molar-refractivity contribution in [2.45, 2.75) is 26.0 Å². The van der Waals surface area contributed by atoms with E-state index in [0.29, 0.717) is 19.6 Å². The van der Waals surface area contributed by atoms with E-state index in [2.05, 4.69) is 4.98 Å². The predicted octanol–water partition coefficient (Wildman–Crippen LogP) is -1.03. The van der Waals surface area contributed by atoms with Crippen molar-refractivity contribution < 1.29 is 9.84 Å². The number of aliphatic hydroxyl groups excluding tert-OH is 1. The zero-order chi connectivity index (χ0) is 15.3. The van der Waals surface area contributed by atoms with E-state index in [-0.39, 0.29) is 18.1 Å². The Balaban J connectivity index is 3.12. The first-order valence-corrected chi connectivity index (χ1v) is 6.39. The molecular formula is C12H22N4O4. The van der Waals surface area contributed by atoms with Gasteiger partial charge in [0.15, 0.2) is 0 Å². The molecule has 20 heavy (non-hydrogen) atoms. The van der Waals surface area contributed by atoms with Crippen LogP contribution in [0.3, 0.4) is 0 Å². The van der Waals surface area contributed by atoms with Crippen LogP contribution in [0.5, 0.6) is 0 Å². The Morgan fingerprint density at radius 3 is 2.70 bits per heavy atom. The minimum Gasteiger partial charge on any atom is -0.393 e. The molecule has 1 unspecified atom stereocenters. The third-order valence-electron chi connectivity index (χ3n) is 3.00. The van der Waals surface area contributed by atoms with Crippen LogP contribution in [0.2, 0.25) is 0 Å². The summed E-state index contributed by atoms with van der Waals surface area (Å²) in [7, 11) is 3.21. The molecule has 0 aliphatic heterocycles. The summed E-state index contributed by atoms with van der Waals surface area (Å²) in [4.78, 5) is 27.5. The quantitative estimate of drug-likeness (QED) is 0.591. The van der Waals surface area contributed by atoms with Gasteiger partial charge in [0.25, 0.3) is 5.56 Å². The first-order chi connectivity index (χ1) is 9.38. The number of nitrogens with one attached hydrogen (secondary N) is 1. The van der Waals surface area contributed by atoms with Crippen molar-refractivity contribution >= 4 is 11.5 Å². The molecule has 0 saturated heterocycles. The van der Waals surface area contributed by atoms with E-state index in [0.717, 1.165) is 0 Å². The van der Waals surface area contributed by atoms with Crippen molar-refractivity contribution in [3.63, 3.8) is 0 Å². The maximum atomic E-state index is 11.9. The number of ether oxygens (including phenoxy) is 1. The Kier molecular flexibility index (Phi) is 5.78. The lowest BCUT2D eigenvalue weighted by Gasteiger charge is -2.22. The molecule has 0 spiro atoms. The third kappa shape index (κ3) is 3.84. The zero-order valence-corrected chi connectivity index (χ0v) is 12.0. The normalized spacial score (nSPS) is 12.4. The van der Waals surface area contributed by atoms with Crippen LogP contribution in [0.25, 0.3) is 0 Å². The molecule has 0 aliphatic rings. The monoisotopic (exact) mass is 286 g/mol. The summed E-state index contributed by atoms with van der Waals surface area (Å²) >= 11 is 0. The van der Waals surface area contributed by atoms with Crippen LogP contribution in [0.4, 0.5) is 11.5 Å². The number of H-pyrrole nitrogens is 1. The number of hydrogen-bond donors (Lipinski definition) is 3. The summed E-state index contributed by atoms with van der Waals surface area (Å²) < 4.78 is 6.17. The largest absolute Gasteiger partial charge is 0.393 e. The van der Waals surface area contributed by atoms with Crippen molar-refractivity contribution in [1.29, 1.82) is 0 Å². The van der Waals surface area contributed by atoms with Gasteiger partial charge >= 0.3 is 5.69 Å². The van der Waals surface area contributed by atoms with E-state index in [1.165, 1.54) is 11.7 Å². The molecule has 114 valence electrons. The number of nitrogens with two attached hydrogens (primary N) is 1. The highest BCUT2D eigenvalue weighted by molar-refractivity contribution is 5.61. The number of anilines is 2. The summed E-state index contributed by atoms with van der Waals surface area (Å²) in [6, 6.07) is 0. The summed E-state index contributed by atoms with van der Waals surface area (Å²) in [5.41, 5.74) is 5.05.